The number of halogens is 1. The first-order valence-corrected chi connectivity index (χ1v) is 6.78. The first-order chi connectivity index (χ1) is 7.74. The molecule has 2 rings (SSSR count). The van der Waals surface area contributed by atoms with Gasteiger partial charge in [-0.15, -0.1) is 0 Å². The molecule has 2 atom stereocenters. The summed E-state index contributed by atoms with van der Waals surface area (Å²) in [5.74, 6) is 0.877. The molecule has 0 amide bonds. The lowest BCUT2D eigenvalue weighted by Crippen LogP contribution is -2.45. The van der Waals surface area contributed by atoms with E-state index in [1.54, 1.807) is 11.8 Å². The van der Waals surface area contributed by atoms with Gasteiger partial charge in [-0.3, -0.25) is 0 Å². The molecule has 16 heavy (non-hydrogen) atoms. The topological polar surface area (TPSA) is 41.1 Å². The van der Waals surface area contributed by atoms with Crippen molar-refractivity contribution >= 4 is 41.0 Å². The number of thioether (sulfide) groups is 1. The highest BCUT2D eigenvalue weighted by Crippen LogP contribution is 2.31. The van der Waals surface area contributed by atoms with Crippen LogP contribution >= 0.6 is 23.4 Å². The number of anilines is 2. The van der Waals surface area contributed by atoms with E-state index in [0.29, 0.717) is 5.02 Å². The van der Waals surface area contributed by atoms with Crippen LogP contribution in [0.4, 0.5) is 11.4 Å². The molecule has 5 heteroatoms. The van der Waals surface area contributed by atoms with Crippen molar-refractivity contribution in [3.8, 4) is 0 Å². The van der Waals surface area contributed by atoms with Crippen molar-refractivity contribution in [3.63, 3.8) is 0 Å². The summed E-state index contributed by atoms with van der Waals surface area (Å²) in [7, 11) is 0. The molecule has 2 unspecified atom stereocenters. The van der Waals surface area contributed by atoms with E-state index in [2.05, 4.69) is 10.6 Å². The fourth-order valence-corrected chi connectivity index (χ4v) is 2.61. The summed E-state index contributed by atoms with van der Waals surface area (Å²) < 4.78 is 0. The maximum absolute atomic E-state index is 11.0. The third-order valence-electron chi connectivity index (χ3n) is 2.57. The van der Waals surface area contributed by atoms with E-state index in [1.807, 2.05) is 24.5 Å². The monoisotopic (exact) mass is 256 g/mol. The van der Waals surface area contributed by atoms with Gasteiger partial charge in [0.2, 0.25) is 0 Å². The Hall–Kier alpha value is -0.870. The highest BCUT2D eigenvalue weighted by Gasteiger charge is 2.26. The number of aldehydes is 1. The largest absolute Gasteiger partial charge is 0.377 e. The molecular formula is C11H13ClN2OS. The Bertz CT molecular complexity index is 400. The Morgan fingerprint density at radius 2 is 2.25 bits per heavy atom. The highest BCUT2D eigenvalue weighted by molar-refractivity contribution is 7.98. The van der Waals surface area contributed by atoms with E-state index in [0.717, 1.165) is 23.4 Å². The van der Waals surface area contributed by atoms with Crippen LogP contribution in [-0.2, 0) is 4.79 Å². The fourth-order valence-electron chi connectivity index (χ4n) is 1.79. The molecule has 0 radical (unpaired) electrons. The minimum Gasteiger partial charge on any atom is -0.377 e. The van der Waals surface area contributed by atoms with Crippen molar-refractivity contribution in [3.05, 3.63) is 23.2 Å². The van der Waals surface area contributed by atoms with Crippen LogP contribution in [0.25, 0.3) is 0 Å². The van der Waals surface area contributed by atoms with Crippen LogP contribution < -0.4 is 10.6 Å². The molecule has 0 fully saturated rings. The van der Waals surface area contributed by atoms with Crippen LogP contribution in [0.15, 0.2) is 18.2 Å². The van der Waals surface area contributed by atoms with Gasteiger partial charge in [0, 0.05) is 10.8 Å². The number of hydrogen-bond acceptors (Lipinski definition) is 4. The van der Waals surface area contributed by atoms with Crippen molar-refractivity contribution in [2.45, 2.75) is 12.1 Å². The number of carbonyl (C=O) groups excluding carboxylic acids is 1. The summed E-state index contributed by atoms with van der Waals surface area (Å²) in [6, 6.07) is 5.50. The summed E-state index contributed by atoms with van der Waals surface area (Å²) in [4.78, 5) is 11.0. The Kier molecular flexibility index (Phi) is 3.61. The van der Waals surface area contributed by atoms with Crippen molar-refractivity contribution in [1.29, 1.82) is 0 Å². The third-order valence-corrected chi connectivity index (χ3v) is 3.50. The zero-order chi connectivity index (χ0) is 11.5. The first-order valence-electron chi connectivity index (χ1n) is 5.01. The molecule has 3 nitrogen and oxygen atoms in total. The number of fused-ring (bicyclic) bond motifs is 1. The Morgan fingerprint density at radius 1 is 1.44 bits per heavy atom. The molecule has 1 aromatic rings. The van der Waals surface area contributed by atoms with Crippen LogP contribution in [-0.4, -0.2) is 30.4 Å². The lowest BCUT2D eigenvalue weighted by atomic mass is 10.1. The maximum atomic E-state index is 11.0. The van der Waals surface area contributed by atoms with Crippen molar-refractivity contribution in [1.82, 2.24) is 0 Å². The van der Waals surface area contributed by atoms with Gasteiger partial charge >= 0.3 is 0 Å². The Morgan fingerprint density at radius 3 is 2.94 bits per heavy atom. The molecule has 1 aliphatic heterocycles. The molecule has 1 aliphatic rings. The summed E-state index contributed by atoms with van der Waals surface area (Å²) in [6.45, 7) is 0. The maximum Gasteiger partial charge on any atom is 0.144 e. The van der Waals surface area contributed by atoms with Crippen LogP contribution in [0.2, 0.25) is 5.02 Å². The van der Waals surface area contributed by atoms with E-state index >= 15 is 0 Å². The van der Waals surface area contributed by atoms with Crippen LogP contribution in [0.1, 0.15) is 0 Å². The van der Waals surface area contributed by atoms with Crippen LogP contribution in [0.3, 0.4) is 0 Å². The van der Waals surface area contributed by atoms with Gasteiger partial charge in [-0.25, -0.2) is 0 Å². The molecule has 0 saturated carbocycles. The number of nitrogens with one attached hydrogen (secondary N) is 2. The smallest absolute Gasteiger partial charge is 0.144 e. The summed E-state index contributed by atoms with van der Waals surface area (Å²) in [5, 5.41) is 7.24. The third kappa shape index (κ3) is 2.28. The molecular weight excluding hydrogens is 244 g/mol. The van der Waals surface area contributed by atoms with Gasteiger partial charge < -0.3 is 15.4 Å². The minimum atomic E-state index is -0.180. The molecule has 2 N–H and O–H groups in total. The second-order valence-corrected chi connectivity index (χ2v) is 5.05. The van der Waals surface area contributed by atoms with Gasteiger partial charge in [0.25, 0.3) is 0 Å². The van der Waals surface area contributed by atoms with Crippen LogP contribution in [0, 0.1) is 0 Å². The van der Waals surface area contributed by atoms with Crippen molar-refractivity contribution in [2.75, 3.05) is 22.6 Å². The molecule has 0 spiro atoms. The summed E-state index contributed by atoms with van der Waals surface area (Å²) in [6.07, 6.45) is 2.97. The van der Waals surface area contributed by atoms with E-state index in [-0.39, 0.29) is 12.1 Å². The van der Waals surface area contributed by atoms with Crippen molar-refractivity contribution < 1.29 is 4.79 Å². The van der Waals surface area contributed by atoms with E-state index < -0.39 is 0 Å². The van der Waals surface area contributed by atoms with E-state index in [9.17, 15) is 4.79 Å². The van der Waals surface area contributed by atoms with Gasteiger partial charge in [-0.1, -0.05) is 11.6 Å². The highest BCUT2D eigenvalue weighted by atomic mass is 35.5. The Balaban J connectivity index is 2.26. The standard InChI is InChI=1S/C11H13ClN2OS/c1-16-6-11-10(5-15)13-8-3-2-7(12)4-9(8)14-11/h2-5,10-11,13-14H,6H2,1H3. The number of hydrogen-bond donors (Lipinski definition) is 2. The average molecular weight is 257 g/mol. The van der Waals surface area contributed by atoms with Gasteiger partial charge in [0.1, 0.15) is 12.3 Å². The predicted octanol–water partition coefficient (Wildman–Crippen LogP) is 2.48. The lowest BCUT2D eigenvalue weighted by Gasteiger charge is -2.33. The van der Waals surface area contributed by atoms with Crippen LogP contribution in [0.5, 0.6) is 0 Å². The first kappa shape index (κ1) is 11.6. The zero-order valence-electron chi connectivity index (χ0n) is 8.87. The quantitative estimate of drug-likeness (QED) is 0.816. The van der Waals surface area contributed by atoms with E-state index in [4.69, 9.17) is 11.6 Å². The molecule has 0 aromatic heterocycles. The molecule has 0 aliphatic carbocycles. The van der Waals surface area contributed by atoms with E-state index in [1.165, 1.54) is 0 Å². The predicted molar refractivity (Wildman–Crippen MR) is 70.7 cm³/mol. The second kappa shape index (κ2) is 4.97. The van der Waals surface area contributed by atoms with Gasteiger partial charge in [0.15, 0.2) is 0 Å². The summed E-state index contributed by atoms with van der Waals surface area (Å²) >= 11 is 7.64. The molecule has 86 valence electrons. The van der Waals surface area contributed by atoms with Gasteiger partial charge in [-0.05, 0) is 24.5 Å². The molecule has 1 aromatic carbocycles. The fraction of sp³-hybridized carbons (Fsp3) is 0.364. The lowest BCUT2D eigenvalue weighted by molar-refractivity contribution is -0.108. The molecule has 0 bridgehead atoms. The second-order valence-electron chi connectivity index (χ2n) is 3.70. The normalized spacial score (nSPS) is 22.9. The number of carbonyl (C=O) groups is 1. The molecule has 1 heterocycles. The number of rotatable bonds is 3. The SMILES string of the molecule is CSCC1Nc2cc(Cl)ccc2NC1C=O. The molecule has 0 saturated heterocycles. The summed E-state index contributed by atoms with van der Waals surface area (Å²) in [5.41, 5.74) is 1.89. The number of benzene rings is 1. The van der Waals surface area contributed by atoms with Crippen molar-refractivity contribution in [2.24, 2.45) is 0 Å². The Labute approximate surface area is 104 Å². The average Bonchev–Trinajstić information content (AvgIpc) is 2.28. The minimum absolute atomic E-state index is 0.110. The zero-order valence-corrected chi connectivity index (χ0v) is 10.4. The van der Waals surface area contributed by atoms with Gasteiger partial charge in [0.05, 0.1) is 17.4 Å². The van der Waals surface area contributed by atoms with Gasteiger partial charge in [-0.2, -0.15) is 11.8 Å².